The summed E-state index contributed by atoms with van der Waals surface area (Å²) in [5.41, 5.74) is 9.05. The highest BCUT2D eigenvalue weighted by molar-refractivity contribution is 6.16. The van der Waals surface area contributed by atoms with Crippen LogP contribution >= 0.6 is 0 Å². The summed E-state index contributed by atoms with van der Waals surface area (Å²) >= 11 is 0. The van der Waals surface area contributed by atoms with Crippen molar-refractivity contribution in [3.8, 4) is 16.8 Å². The molecule has 0 bridgehead atoms. The number of fused-ring (bicyclic) bond motifs is 9. The Morgan fingerprint density at radius 1 is 0.488 bits per heavy atom. The molecule has 0 spiro atoms. The van der Waals surface area contributed by atoms with E-state index in [1.54, 1.807) is 6.07 Å². The van der Waals surface area contributed by atoms with Crippen LogP contribution in [0.3, 0.4) is 0 Å². The summed E-state index contributed by atoms with van der Waals surface area (Å²) in [5.74, 6) is 0. The standard InChI is InChI=1S/C38H19N3O2/c1-39-23-15-17-35-27(19-23)29-20-28-26-18-22(14-16-34(26)42-36(28)21-37(29)43-35)38-30(40-2)10-7-13-33(38)41-31-11-5-3-8-24(31)25-9-4-6-12-32(25)41/h3-21H. The van der Waals surface area contributed by atoms with E-state index in [0.29, 0.717) is 11.4 Å². The Kier molecular flexibility index (Phi) is 4.68. The molecule has 0 aliphatic carbocycles. The van der Waals surface area contributed by atoms with Crippen molar-refractivity contribution in [2.75, 3.05) is 0 Å². The molecular weight excluding hydrogens is 530 g/mol. The molecule has 3 heterocycles. The van der Waals surface area contributed by atoms with Crippen LogP contribution in [0.5, 0.6) is 0 Å². The van der Waals surface area contributed by atoms with Crippen molar-refractivity contribution in [2.24, 2.45) is 0 Å². The molecule has 0 saturated carbocycles. The van der Waals surface area contributed by atoms with E-state index in [4.69, 9.17) is 22.0 Å². The van der Waals surface area contributed by atoms with Crippen molar-refractivity contribution < 1.29 is 8.83 Å². The second-order valence-electron chi connectivity index (χ2n) is 10.7. The van der Waals surface area contributed by atoms with Gasteiger partial charge in [0.1, 0.15) is 22.3 Å². The van der Waals surface area contributed by atoms with Gasteiger partial charge in [-0.1, -0.05) is 60.7 Å². The fourth-order valence-corrected chi connectivity index (χ4v) is 6.55. The Labute approximate surface area is 245 Å². The highest BCUT2D eigenvalue weighted by atomic mass is 16.3. The van der Waals surface area contributed by atoms with Crippen LogP contribution in [0.15, 0.2) is 124 Å². The predicted molar refractivity (Wildman–Crippen MR) is 173 cm³/mol. The molecule has 0 aliphatic heterocycles. The van der Waals surface area contributed by atoms with Gasteiger partial charge in [-0.3, -0.25) is 0 Å². The minimum absolute atomic E-state index is 0.572. The third kappa shape index (κ3) is 3.25. The molecule has 0 unspecified atom stereocenters. The zero-order valence-corrected chi connectivity index (χ0v) is 22.6. The van der Waals surface area contributed by atoms with E-state index in [9.17, 15) is 0 Å². The number of benzene rings is 6. The van der Waals surface area contributed by atoms with Crippen LogP contribution in [0.2, 0.25) is 0 Å². The summed E-state index contributed by atoms with van der Waals surface area (Å²) in [7, 11) is 0. The average Bonchev–Trinajstić information content (AvgIpc) is 3.71. The van der Waals surface area contributed by atoms with Gasteiger partial charge in [0.15, 0.2) is 11.4 Å². The van der Waals surface area contributed by atoms with Gasteiger partial charge in [0.05, 0.1) is 24.2 Å². The van der Waals surface area contributed by atoms with Crippen LogP contribution in [0.4, 0.5) is 11.4 Å². The van der Waals surface area contributed by atoms with Crippen LogP contribution in [-0.2, 0) is 0 Å². The summed E-state index contributed by atoms with van der Waals surface area (Å²) < 4.78 is 14.7. The van der Waals surface area contributed by atoms with Crippen LogP contribution in [0.25, 0.3) is 92.2 Å². The van der Waals surface area contributed by atoms with Gasteiger partial charge in [0.2, 0.25) is 0 Å². The molecule has 5 heteroatoms. The molecule has 9 rings (SSSR count). The minimum atomic E-state index is 0.572. The van der Waals surface area contributed by atoms with E-state index in [-0.39, 0.29) is 0 Å². The van der Waals surface area contributed by atoms with Gasteiger partial charge in [0, 0.05) is 49.6 Å². The van der Waals surface area contributed by atoms with Gasteiger partial charge in [-0.2, -0.15) is 0 Å². The molecule has 5 nitrogen and oxygen atoms in total. The van der Waals surface area contributed by atoms with Crippen molar-refractivity contribution >= 4 is 77.1 Å². The maximum Gasteiger partial charge on any atom is 0.196 e. The third-order valence-corrected chi connectivity index (χ3v) is 8.42. The van der Waals surface area contributed by atoms with E-state index in [1.165, 1.54) is 10.8 Å². The number of aromatic nitrogens is 1. The lowest BCUT2D eigenvalue weighted by Crippen LogP contribution is -1.97. The van der Waals surface area contributed by atoms with E-state index < -0.39 is 0 Å². The van der Waals surface area contributed by atoms with Gasteiger partial charge in [0.25, 0.3) is 0 Å². The zero-order chi connectivity index (χ0) is 28.7. The molecule has 6 aromatic carbocycles. The first-order chi connectivity index (χ1) is 21.2. The number of nitrogens with zero attached hydrogens (tertiary/aromatic N) is 3. The van der Waals surface area contributed by atoms with Crippen LogP contribution in [0, 0.1) is 13.1 Å². The molecule has 0 amide bonds. The van der Waals surface area contributed by atoms with Crippen LogP contribution < -0.4 is 0 Å². The summed E-state index contributed by atoms with van der Waals surface area (Å²) in [5, 5.41) is 6.10. The first kappa shape index (κ1) is 23.4. The van der Waals surface area contributed by atoms with Gasteiger partial charge in [-0.25, -0.2) is 9.69 Å². The molecule has 0 radical (unpaired) electrons. The molecular formula is C38H19N3O2. The zero-order valence-electron chi connectivity index (χ0n) is 22.6. The van der Waals surface area contributed by atoms with Gasteiger partial charge >= 0.3 is 0 Å². The summed E-state index contributed by atoms with van der Waals surface area (Å²) in [6.45, 7) is 15.5. The average molecular weight is 550 g/mol. The second kappa shape index (κ2) is 8.60. The maximum absolute atomic E-state index is 8.09. The molecule has 9 aromatic rings. The van der Waals surface area contributed by atoms with Gasteiger partial charge in [-0.05, 0) is 54.1 Å². The largest absolute Gasteiger partial charge is 0.456 e. The molecule has 0 saturated heterocycles. The fourth-order valence-electron chi connectivity index (χ4n) is 6.55. The summed E-state index contributed by atoms with van der Waals surface area (Å²) in [6, 6.07) is 38.4. The monoisotopic (exact) mass is 549 g/mol. The Bertz CT molecular complexity index is 2650. The number of para-hydroxylation sites is 2. The molecule has 0 aliphatic rings. The molecule has 0 atom stereocenters. The smallest absolute Gasteiger partial charge is 0.196 e. The van der Waals surface area contributed by atoms with Crippen molar-refractivity contribution in [1.82, 2.24) is 4.57 Å². The minimum Gasteiger partial charge on any atom is -0.456 e. The molecule has 198 valence electrons. The summed E-state index contributed by atoms with van der Waals surface area (Å²) in [6.07, 6.45) is 0. The lowest BCUT2D eigenvalue weighted by atomic mass is 9.98. The van der Waals surface area contributed by atoms with Gasteiger partial charge in [-0.15, -0.1) is 0 Å². The molecule has 3 aromatic heterocycles. The summed E-state index contributed by atoms with van der Waals surface area (Å²) in [4.78, 5) is 7.57. The van der Waals surface area contributed by atoms with E-state index in [0.717, 1.165) is 71.7 Å². The maximum atomic E-state index is 8.09. The molecule has 43 heavy (non-hydrogen) atoms. The van der Waals surface area contributed by atoms with Crippen molar-refractivity contribution in [3.63, 3.8) is 0 Å². The predicted octanol–water partition coefficient (Wildman–Crippen LogP) is 11.4. The first-order valence-electron chi connectivity index (χ1n) is 13.9. The Morgan fingerprint density at radius 2 is 1.12 bits per heavy atom. The second-order valence-corrected chi connectivity index (χ2v) is 10.7. The number of hydrogen-bond donors (Lipinski definition) is 0. The van der Waals surface area contributed by atoms with Crippen LogP contribution in [-0.4, -0.2) is 4.57 Å². The highest BCUT2D eigenvalue weighted by Gasteiger charge is 2.20. The Balaban J connectivity index is 1.34. The van der Waals surface area contributed by atoms with Crippen molar-refractivity contribution in [2.45, 2.75) is 0 Å². The molecule has 0 fully saturated rings. The number of furan rings is 2. The normalized spacial score (nSPS) is 11.7. The van der Waals surface area contributed by atoms with E-state index >= 15 is 0 Å². The fraction of sp³-hybridized carbons (Fsp3) is 0. The first-order valence-corrected chi connectivity index (χ1v) is 13.9. The number of hydrogen-bond acceptors (Lipinski definition) is 2. The van der Waals surface area contributed by atoms with E-state index in [1.807, 2.05) is 42.5 Å². The Hall–Kier alpha value is -6.30. The highest BCUT2D eigenvalue weighted by Crippen LogP contribution is 2.43. The quantitative estimate of drug-likeness (QED) is 0.201. The van der Waals surface area contributed by atoms with Crippen molar-refractivity contribution in [3.05, 3.63) is 138 Å². The lowest BCUT2D eigenvalue weighted by molar-refractivity contribution is 0.656. The lowest BCUT2D eigenvalue weighted by Gasteiger charge is -2.16. The van der Waals surface area contributed by atoms with Gasteiger partial charge < -0.3 is 13.4 Å². The van der Waals surface area contributed by atoms with Crippen LogP contribution in [0.1, 0.15) is 0 Å². The SMILES string of the molecule is [C-]#[N+]c1ccc2oc3cc4oc5ccc(-c6c([N+]#[C-])cccc6-n6c7ccccc7c7ccccc76)cc5c4cc3c2c1. The number of rotatable bonds is 2. The molecule has 0 N–H and O–H groups in total. The Morgan fingerprint density at radius 3 is 1.79 bits per heavy atom. The third-order valence-electron chi connectivity index (χ3n) is 8.42. The van der Waals surface area contributed by atoms with E-state index in [2.05, 4.69) is 81.0 Å². The van der Waals surface area contributed by atoms with Crippen molar-refractivity contribution in [1.29, 1.82) is 0 Å². The topological polar surface area (TPSA) is 39.9 Å².